The number of hydrogen-bond acceptors (Lipinski definition) is 2. The zero-order valence-electron chi connectivity index (χ0n) is 11.8. The molecule has 2 aromatic carbocycles. The maximum absolute atomic E-state index is 14.1. The molecule has 21 heavy (non-hydrogen) atoms. The van der Waals surface area contributed by atoms with Crippen LogP contribution in [0, 0.1) is 11.6 Å². The highest BCUT2D eigenvalue weighted by atomic mass is 79.9. The van der Waals surface area contributed by atoms with Crippen LogP contribution >= 0.6 is 15.9 Å². The molecule has 0 saturated carbocycles. The summed E-state index contributed by atoms with van der Waals surface area (Å²) < 4.78 is 33.1. The molecule has 112 valence electrons. The van der Waals surface area contributed by atoms with Crippen LogP contribution in [0.1, 0.15) is 17.2 Å². The zero-order valence-corrected chi connectivity index (χ0v) is 13.4. The fourth-order valence-electron chi connectivity index (χ4n) is 2.28. The van der Waals surface area contributed by atoms with E-state index in [1.54, 1.807) is 31.3 Å². The lowest BCUT2D eigenvalue weighted by Gasteiger charge is -2.20. The molecule has 0 saturated heterocycles. The average molecular weight is 356 g/mol. The van der Waals surface area contributed by atoms with Gasteiger partial charge < -0.3 is 10.1 Å². The van der Waals surface area contributed by atoms with Crippen molar-refractivity contribution in [3.05, 3.63) is 63.6 Å². The van der Waals surface area contributed by atoms with Crippen molar-refractivity contribution in [3.8, 4) is 5.75 Å². The number of likely N-dealkylation sites (N-methyl/N-ethyl adjacent to an activating group) is 1. The minimum absolute atomic E-state index is 0.265. The second kappa shape index (κ2) is 7.00. The summed E-state index contributed by atoms with van der Waals surface area (Å²) in [6.45, 7) is 0. The molecule has 0 aromatic heterocycles. The molecule has 1 N–H and O–H groups in total. The quantitative estimate of drug-likeness (QED) is 0.865. The van der Waals surface area contributed by atoms with E-state index in [9.17, 15) is 8.78 Å². The van der Waals surface area contributed by atoms with E-state index in [0.29, 0.717) is 22.2 Å². The Kier molecular flexibility index (Phi) is 5.31. The first-order valence-corrected chi connectivity index (χ1v) is 7.29. The van der Waals surface area contributed by atoms with E-state index in [-0.39, 0.29) is 17.7 Å². The van der Waals surface area contributed by atoms with Crippen LogP contribution in [0.4, 0.5) is 8.78 Å². The molecule has 1 unspecified atom stereocenters. The van der Waals surface area contributed by atoms with Gasteiger partial charge in [0.15, 0.2) is 0 Å². The standard InChI is InChI=1S/C16H16BrF2NO/c1-20-14(9-10-6-7-12(18)11(17)8-10)16-13(19)4-3-5-15(16)21-2/h3-8,14,20H,9H2,1-2H3. The van der Waals surface area contributed by atoms with E-state index in [0.717, 1.165) is 5.56 Å². The van der Waals surface area contributed by atoms with Gasteiger partial charge >= 0.3 is 0 Å². The summed E-state index contributed by atoms with van der Waals surface area (Å²) in [6.07, 6.45) is 0.521. The third kappa shape index (κ3) is 3.60. The van der Waals surface area contributed by atoms with Gasteiger partial charge in [-0.2, -0.15) is 0 Å². The molecule has 0 aliphatic heterocycles. The Balaban J connectivity index is 2.34. The molecule has 2 rings (SSSR count). The van der Waals surface area contributed by atoms with E-state index >= 15 is 0 Å². The first-order chi connectivity index (χ1) is 10.1. The Morgan fingerprint density at radius 1 is 1.19 bits per heavy atom. The Hall–Kier alpha value is -1.46. The van der Waals surface area contributed by atoms with Gasteiger partial charge in [-0.3, -0.25) is 0 Å². The maximum Gasteiger partial charge on any atom is 0.137 e. The molecular weight excluding hydrogens is 340 g/mol. The minimum atomic E-state index is -0.324. The molecule has 0 spiro atoms. The van der Waals surface area contributed by atoms with Gasteiger partial charge in [0.05, 0.1) is 11.6 Å². The van der Waals surface area contributed by atoms with E-state index in [1.165, 1.54) is 19.2 Å². The minimum Gasteiger partial charge on any atom is -0.496 e. The number of hydrogen-bond donors (Lipinski definition) is 1. The molecule has 0 radical (unpaired) electrons. The first kappa shape index (κ1) is 15.9. The lowest BCUT2D eigenvalue weighted by atomic mass is 9.97. The molecule has 0 heterocycles. The average Bonchev–Trinajstić information content (AvgIpc) is 2.48. The fourth-order valence-corrected chi connectivity index (χ4v) is 2.71. The van der Waals surface area contributed by atoms with Gasteiger partial charge in [-0.25, -0.2) is 8.78 Å². The zero-order chi connectivity index (χ0) is 15.4. The molecule has 5 heteroatoms. The van der Waals surface area contributed by atoms with Gasteiger partial charge in [0.25, 0.3) is 0 Å². The van der Waals surface area contributed by atoms with Crippen molar-refractivity contribution < 1.29 is 13.5 Å². The molecule has 0 amide bonds. The van der Waals surface area contributed by atoms with Gasteiger partial charge in [-0.05, 0) is 59.2 Å². The number of rotatable bonds is 5. The summed E-state index contributed by atoms with van der Waals surface area (Å²) in [4.78, 5) is 0. The number of benzene rings is 2. The number of halogens is 3. The van der Waals surface area contributed by atoms with Crippen LogP contribution in [-0.4, -0.2) is 14.2 Å². The van der Waals surface area contributed by atoms with Crippen LogP contribution in [0.15, 0.2) is 40.9 Å². The predicted octanol–water partition coefficient (Wildman–Crippen LogP) is 4.24. The van der Waals surface area contributed by atoms with Crippen LogP contribution in [0.5, 0.6) is 5.75 Å². The highest BCUT2D eigenvalue weighted by molar-refractivity contribution is 9.10. The van der Waals surface area contributed by atoms with Crippen molar-refractivity contribution in [1.82, 2.24) is 5.32 Å². The van der Waals surface area contributed by atoms with Crippen molar-refractivity contribution in [2.24, 2.45) is 0 Å². The van der Waals surface area contributed by atoms with Crippen molar-refractivity contribution >= 4 is 15.9 Å². The number of nitrogens with one attached hydrogen (secondary N) is 1. The second-order valence-corrected chi connectivity index (χ2v) is 5.50. The summed E-state index contributed by atoms with van der Waals surface area (Å²) in [6, 6.07) is 9.26. The van der Waals surface area contributed by atoms with Crippen molar-refractivity contribution in [3.63, 3.8) is 0 Å². The summed E-state index contributed by atoms with van der Waals surface area (Å²) in [7, 11) is 3.27. The highest BCUT2D eigenvalue weighted by Crippen LogP contribution is 2.30. The van der Waals surface area contributed by atoms with Crippen molar-refractivity contribution in [2.45, 2.75) is 12.5 Å². The van der Waals surface area contributed by atoms with Gasteiger partial charge in [0.1, 0.15) is 17.4 Å². The van der Waals surface area contributed by atoms with Gasteiger partial charge in [-0.1, -0.05) is 12.1 Å². The topological polar surface area (TPSA) is 21.3 Å². The molecule has 1 atom stereocenters. The summed E-state index contributed by atoms with van der Waals surface area (Å²) in [5, 5.41) is 3.09. The Morgan fingerprint density at radius 2 is 1.95 bits per heavy atom. The normalized spacial score (nSPS) is 12.2. The third-order valence-electron chi connectivity index (χ3n) is 3.35. The van der Waals surface area contributed by atoms with E-state index in [1.807, 2.05) is 0 Å². The summed E-state index contributed by atoms with van der Waals surface area (Å²) >= 11 is 3.16. The second-order valence-electron chi connectivity index (χ2n) is 4.65. The summed E-state index contributed by atoms with van der Waals surface area (Å²) in [5.41, 5.74) is 1.37. The van der Waals surface area contributed by atoms with Crippen LogP contribution in [0.3, 0.4) is 0 Å². The van der Waals surface area contributed by atoms with E-state index < -0.39 is 0 Å². The Bertz CT molecular complexity index is 634. The number of methoxy groups -OCH3 is 1. The van der Waals surface area contributed by atoms with Crippen LogP contribution in [0.2, 0.25) is 0 Å². The maximum atomic E-state index is 14.1. The summed E-state index contributed by atoms with van der Waals surface area (Å²) in [5.74, 6) is -0.145. The van der Waals surface area contributed by atoms with Crippen molar-refractivity contribution in [1.29, 1.82) is 0 Å². The third-order valence-corrected chi connectivity index (χ3v) is 3.96. The molecule has 0 bridgehead atoms. The largest absolute Gasteiger partial charge is 0.496 e. The fraction of sp³-hybridized carbons (Fsp3) is 0.250. The highest BCUT2D eigenvalue weighted by Gasteiger charge is 2.19. The SMILES string of the molecule is CNC(Cc1ccc(F)c(Br)c1)c1c(F)cccc1OC. The number of ether oxygens (including phenoxy) is 1. The lowest BCUT2D eigenvalue weighted by molar-refractivity contribution is 0.393. The molecule has 0 fully saturated rings. The monoisotopic (exact) mass is 355 g/mol. The van der Waals surface area contributed by atoms with Crippen molar-refractivity contribution in [2.75, 3.05) is 14.2 Å². The van der Waals surface area contributed by atoms with Crippen LogP contribution in [-0.2, 0) is 6.42 Å². The Labute approximate surface area is 131 Å². The van der Waals surface area contributed by atoms with E-state index in [4.69, 9.17) is 4.74 Å². The Morgan fingerprint density at radius 3 is 2.57 bits per heavy atom. The van der Waals surface area contributed by atoms with Crippen LogP contribution in [0.25, 0.3) is 0 Å². The molecule has 0 aliphatic rings. The predicted molar refractivity (Wildman–Crippen MR) is 82.6 cm³/mol. The van der Waals surface area contributed by atoms with Gasteiger partial charge in [-0.15, -0.1) is 0 Å². The van der Waals surface area contributed by atoms with Gasteiger partial charge in [0, 0.05) is 11.6 Å². The van der Waals surface area contributed by atoms with Gasteiger partial charge in [0.2, 0.25) is 0 Å². The molecule has 2 aromatic rings. The molecular formula is C16H16BrF2NO. The van der Waals surface area contributed by atoms with E-state index in [2.05, 4.69) is 21.2 Å². The first-order valence-electron chi connectivity index (χ1n) is 6.50. The molecule has 0 aliphatic carbocycles. The smallest absolute Gasteiger partial charge is 0.137 e. The lowest BCUT2D eigenvalue weighted by Crippen LogP contribution is -2.21. The molecule has 2 nitrogen and oxygen atoms in total. The van der Waals surface area contributed by atoms with Crippen LogP contribution < -0.4 is 10.1 Å².